The van der Waals surface area contributed by atoms with Gasteiger partial charge in [0.2, 0.25) is 5.95 Å². The third-order valence-electron chi connectivity index (χ3n) is 5.43. The van der Waals surface area contributed by atoms with Gasteiger partial charge in [0, 0.05) is 51.9 Å². The van der Waals surface area contributed by atoms with E-state index in [1.807, 2.05) is 49.3 Å². The second-order valence-electron chi connectivity index (χ2n) is 7.89. The van der Waals surface area contributed by atoms with Gasteiger partial charge in [-0.3, -0.25) is 0 Å². The molecule has 0 atom stereocenters. The summed E-state index contributed by atoms with van der Waals surface area (Å²) in [5.41, 5.74) is 2.20. The largest absolute Gasteiger partial charge is 0.419 e. The molecule has 0 saturated heterocycles. The molecule has 1 aromatic carbocycles. The van der Waals surface area contributed by atoms with Crippen LogP contribution in [-0.2, 0) is 25.6 Å². The second-order valence-corrected chi connectivity index (χ2v) is 7.89. The monoisotopic (exact) mass is 442 g/mol. The van der Waals surface area contributed by atoms with Crippen LogP contribution in [0.15, 0.2) is 48.7 Å². The third-order valence-corrected chi connectivity index (χ3v) is 5.43. The number of hydrogen-bond acceptors (Lipinski definition) is 6. The van der Waals surface area contributed by atoms with Crippen LogP contribution in [0.3, 0.4) is 0 Å². The second kappa shape index (κ2) is 9.02. The van der Waals surface area contributed by atoms with Gasteiger partial charge in [0.05, 0.1) is 11.3 Å². The van der Waals surface area contributed by atoms with Crippen LogP contribution < -0.4 is 15.1 Å². The van der Waals surface area contributed by atoms with E-state index >= 15 is 0 Å². The van der Waals surface area contributed by atoms with Crippen LogP contribution in [-0.4, -0.2) is 42.1 Å². The molecule has 1 N–H and O–H groups in total. The summed E-state index contributed by atoms with van der Waals surface area (Å²) < 4.78 is 40.6. The van der Waals surface area contributed by atoms with Gasteiger partial charge in [-0.1, -0.05) is 30.3 Å². The summed E-state index contributed by atoms with van der Waals surface area (Å²) in [6.07, 6.45) is -2.02. The maximum absolute atomic E-state index is 13.5. The number of benzene rings is 1. The van der Waals surface area contributed by atoms with E-state index in [-0.39, 0.29) is 5.82 Å². The van der Waals surface area contributed by atoms with Crippen LogP contribution in [0.4, 0.5) is 30.8 Å². The van der Waals surface area contributed by atoms with E-state index < -0.39 is 11.7 Å². The predicted octanol–water partition coefficient (Wildman–Crippen LogP) is 4.17. The molecular formula is C23H25F3N6. The van der Waals surface area contributed by atoms with E-state index in [2.05, 4.69) is 15.3 Å². The number of pyridine rings is 1. The fourth-order valence-electron chi connectivity index (χ4n) is 3.80. The molecule has 9 heteroatoms. The van der Waals surface area contributed by atoms with Crippen molar-refractivity contribution in [3.05, 3.63) is 71.0 Å². The Labute approximate surface area is 185 Å². The van der Waals surface area contributed by atoms with Crippen LogP contribution in [0.2, 0.25) is 0 Å². The minimum absolute atomic E-state index is 0.0348. The van der Waals surface area contributed by atoms with E-state index in [1.165, 1.54) is 12.3 Å². The zero-order valence-corrected chi connectivity index (χ0v) is 18.0. The molecule has 0 fully saturated rings. The zero-order valence-electron chi connectivity index (χ0n) is 18.0. The average molecular weight is 442 g/mol. The van der Waals surface area contributed by atoms with Gasteiger partial charge in [0.1, 0.15) is 11.6 Å². The quantitative estimate of drug-likeness (QED) is 0.640. The maximum atomic E-state index is 13.5. The molecule has 0 radical (unpaired) electrons. The summed E-state index contributed by atoms with van der Waals surface area (Å²) in [5.74, 6) is 1.26. The first-order valence-electron chi connectivity index (χ1n) is 10.4. The topological polar surface area (TPSA) is 57.2 Å². The smallest absolute Gasteiger partial charge is 0.366 e. The van der Waals surface area contributed by atoms with Crippen molar-refractivity contribution in [1.82, 2.24) is 15.0 Å². The van der Waals surface area contributed by atoms with E-state index in [9.17, 15) is 13.2 Å². The summed E-state index contributed by atoms with van der Waals surface area (Å²) >= 11 is 0. The van der Waals surface area contributed by atoms with Crippen LogP contribution in [0.25, 0.3) is 0 Å². The van der Waals surface area contributed by atoms with Crippen molar-refractivity contribution in [3.8, 4) is 0 Å². The van der Waals surface area contributed by atoms with E-state index in [1.54, 1.807) is 4.90 Å². The van der Waals surface area contributed by atoms with Crippen molar-refractivity contribution in [1.29, 1.82) is 0 Å². The predicted molar refractivity (Wildman–Crippen MR) is 119 cm³/mol. The van der Waals surface area contributed by atoms with Crippen molar-refractivity contribution in [2.24, 2.45) is 0 Å². The lowest BCUT2D eigenvalue weighted by atomic mass is 10.1. The van der Waals surface area contributed by atoms with E-state index in [0.29, 0.717) is 38.4 Å². The molecule has 0 spiro atoms. The van der Waals surface area contributed by atoms with Crippen LogP contribution in [0, 0.1) is 0 Å². The first-order valence-corrected chi connectivity index (χ1v) is 10.4. The Kier molecular flexibility index (Phi) is 6.16. The lowest BCUT2D eigenvalue weighted by molar-refractivity contribution is -0.137. The summed E-state index contributed by atoms with van der Waals surface area (Å²) in [6.45, 7) is 1.40. The number of alkyl halides is 3. The lowest BCUT2D eigenvalue weighted by Gasteiger charge is -2.24. The van der Waals surface area contributed by atoms with Gasteiger partial charge < -0.3 is 15.1 Å². The Morgan fingerprint density at radius 2 is 1.75 bits per heavy atom. The van der Waals surface area contributed by atoms with Gasteiger partial charge in [-0.15, -0.1) is 0 Å². The maximum Gasteiger partial charge on any atom is 0.419 e. The standard InChI is InChI=1S/C23H25F3N6/c1-31(2)22-29-19-11-14-32(21-18(23(24,25)26)9-6-12-27-21)13-10-17(19)20(30-22)28-15-16-7-4-3-5-8-16/h3-9,12H,10-11,13-15H2,1-2H3,(H,28,29,30). The lowest BCUT2D eigenvalue weighted by Crippen LogP contribution is -2.29. The van der Waals surface area contributed by atoms with Crippen molar-refractivity contribution in [3.63, 3.8) is 0 Å². The summed E-state index contributed by atoms with van der Waals surface area (Å²) in [5, 5.41) is 3.41. The number of aromatic nitrogens is 3. The average Bonchev–Trinajstić information content (AvgIpc) is 3.00. The number of halogens is 3. The van der Waals surface area contributed by atoms with E-state index in [4.69, 9.17) is 4.98 Å². The van der Waals surface area contributed by atoms with Gasteiger partial charge in [0.25, 0.3) is 0 Å². The molecule has 2 aromatic heterocycles. The molecular weight excluding hydrogens is 417 g/mol. The van der Waals surface area contributed by atoms with Gasteiger partial charge in [0.15, 0.2) is 0 Å². The van der Waals surface area contributed by atoms with Gasteiger partial charge in [-0.05, 0) is 24.1 Å². The Morgan fingerprint density at radius 1 is 1.00 bits per heavy atom. The Morgan fingerprint density at radius 3 is 2.47 bits per heavy atom. The molecule has 0 aliphatic carbocycles. The number of rotatable bonds is 5. The summed E-state index contributed by atoms with van der Waals surface area (Å²) in [4.78, 5) is 17.0. The number of hydrogen-bond donors (Lipinski definition) is 1. The molecule has 3 aromatic rings. The third kappa shape index (κ3) is 4.76. The van der Waals surface area contributed by atoms with Crippen LogP contribution >= 0.6 is 0 Å². The molecule has 3 heterocycles. The highest BCUT2D eigenvalue weighted by Gasteiger charge is 2.36. The molecule has 0 amide bonds. The number of nitrogens with zero attached hydrogens (tertiary/aromatic N) is 5. The molecule has 168 valence electrons. The van der Waals surface area contributed by atoms with Gasteiger partial charge >= 0.3 is 6.18 Å². The minimum atomic E-state index is -4.46. The molecule has 1 aliphatic heterocycles. The van der Waals surface area contributed by atoms with Gasteiger partial charge in [-0.2, -0.15) is 18.2 Å². The van der Waals surface area contributed by atoms with Crippen LogP contribution in [0.1, 0.15) is 22.4 Å². The first-order chi connectivity index (χ1) is 15.3. The highest BCUT2D eigenvalue weighted by Crippen LogP contribution is 2.36. The highest BCUT2D eigenvalue weighted by molar-refractivity contribution is 5.55. The SMILES string of the molecule is CN(C)c1nc2c(c(NCc3ccccc3)n1)CCN(c1ncccc1C(F)(F)F)CC2. The molecule has 0 bridgehead atoms. The Bertz CT molecular complexity index is 1070. The van der Waals surface area contributed by atoms with E-state index in [0.717, 1.165) is 28.7 Å². The van der Waals surface area contributed by atoms with Crippen molar-refractivity contribution < 1.29 is 13.2 Å². The van der Waals surface area contributed by atoms with Crippen molar-refractivity contribution >= 4 is 17.6 Å². The number of anilines is 3. The fourth-order valence-corrected chi connectivity index (χ4v) is 3.80. The zero-order chi connectivity index (χ0) is 22.7. The first kappa shape index (κ1) is 21.9. The van der Waals surface area contributed by atoms with Crippen molar-refractivity contribution in [2.75, 3.05) is 42.3 Å². The van der Waals surface area contributed by atoms with Crippen LogP contribution in [0.5, 0.6) is 0 Å². The normalized spacial score (nSPS) is 14.0. The molecule has 1 aliphatic rings. The fraction of sp³-hybridized carbons (Fsp3) is 0.348. The Balaban J connectivity index is 1.63. The molecule has 4 rings (SSSR count). The highest BCUT2D eigenvalue weighted by atomic mass is 19.4. The Hall–Kier alpha value is -3.36. The molecule has 0 saturated carbocycles. The van der Waals surface area contributed by atoms with Gasteiger partial charge in [-0.25, -0.2) is 9.97 Å². The van der Waals surface area contributed by atoms with Crippen molar-refractivity contribution in [2.45, 2.75) is 25.6 Å². The summed E-state index contributed by atoms with van der Waals surface area (Å²) in [7, 11) is 3.74. The minimum Gasteiger partial charge on any atom is -0.366 e. The number of fused-ring (bicyclic) bond motifs is 1. The molecule has 6 nitrogen and oxygen atoms in total. The molecule has 0 unspecified atom stereocenters. The summed E-state index contributed by atoms with van der Waals surface area (Å²) in [6, 6.07) is 12.4. The number of nitrogens with one attached hydrogen (secondary N) is 1. The molecule has 32 heavy (non-hydrogen) atoms.